The highest BCUT2D eigenvalue weighted by Gasteiger charge is 2.41. The smallest absolute Gasteiger partial charge is 0.251 e. The van der Waals surface area contributed by atoms with Crippen molar-refractivity contribution in [3.8, 4) is 0 Å². The van der Waals surface area contributed by atoms with Crippen LogP contribution in [-0.2, 0) is 14.9 Å². The van der Waals surface area contributed by atoms with E-state index >= 15 is 0 Å². The zero-order valence-electron chi connectivity index (χ0n) is 17.0. The topological polar surface area (TPSA) is 67.4 Å². The van der Waals surface area contributed by atoms with Gasteiger partial charge in [-0.1, -0.05) is 40.9 Å². The first-order chi connectivity index (χ1) is 14.6. The van der Waals surface area contributed by atoms with Gasteiger partial charge in [-0.05, 0) is 67.6 Å². The Bertz CT molecular complexity index is 884. The summed E-state index contributed by atoms with van der Waals surface area (Å²) in [5.74, 6) is -0.0770. The van der Waals surface area contributed by atoms with E-state index in [1.54, 1.807) is 24.3 Å². The summed E-state index contributed by atoms with van der Waals surface area (Å²) in [6.07, 6.45) is 5.76. The summed E-state index contributed by atoms with van der Waals surface area (Å²) in [6, 6.07) is 15.4. The van der Waals surface area contributed by atoms with Crippen LogP contribution in [0.3, 0.4) is 0 Å². The highest BCUT2D eigenvalue weighted by atomic mass is 79.9. The molecule has 0 radical (unpaired) electrons. The highest BCUT2D eigenvalue weighted by Crippen LogP contribution is 2.36. The van der Waals surface area contributed by atoms with Crippen molar-refractivity contribution in [3.63, 3.8) is 0 Å². The summed E-state index contributed by atoms with van der Waals surface area (Å²) in [6.45, 7) is 1.12. The van der Waals surface area contributed by atoms with Gasteiger partial charge in [0.05, 0.1) is 5.41 Å². The van der Waals surface area contributed by atoms with E-state index in [4.69, 9.17) is 4.74 Å². The molecule has 0 aromatic heterocycles. The Morgan fingerprint density at radius 3 is 2.20 bits per heavy atom. The Morgan fingerprint density at radius 2 is 1.57 bits per heavy atom. The van der Waals surface area contributed by atoms with Crippen molar-refractivity contribution in [2.24, 2.45) is 0 Å². The van der Waals surface area contributed by atoms with Gasteiger partial charge in [-0.2, -0.15) is 0 Å². The first-order valence-corrected chi connectivity index (χ1v) is 11.4. The molecule has 4 rings (SSSR count). The van der Waals surface area contributed by atoms with Gasteiger partial charge in [-0.3, -0.25) is 9.59 Å². The van der Waals surface area contributed by atoms with Crippen LogP contribution < -0.4 is 10.6 Å². The second-order valence-electron chi connectivity index (χ2n) is 8.19. The number of rotatable bonds is 5. The highest BCUT2D eigenvalue weighted by molar-refractivity contribution is 9.10. The number of carbonyl (C=O) groups excluding carboxylic acids is 2. The Labute approximate surface area is 185 Å². The molecule has 30 heavy (non-hydrogen) atoms. The van der Waals surface area contributed by atoms with Crippen LogP contribution in [0.2, 0.25) is 0 Å². The van der Waals surface area contributed by atoms with E-state index in [0.29, 0.717) is 37.3 Å². The van der Waals surface area contributed by atoms with Crippen LogP contribution in [0.5, 0.6) is 0 Å². The third-order valence-corrected chi connectivity index (χ3v) is 6.80. The second kappa shape index (κ2) is 9.31. The quantitative estimate of drug-likeness (QED) is 0.658. The van der Waals surface area contributed by atoms with Crippen molar-refractivity contribution in [3.05, 3.63) is 64.1 Å². The van der Waals surface area contributed by atoms with Gasteiger partial charge in [0.15, 0.2) is 0 Å². The summed E-state index contributed by atoms with van der Waals surface area (Å²) >= 11 is 3.47. The van der Waals surface area contributed by atoms with E-state index in [2.05, 4.69) is 26.6 Å². The Hall–Kier alpha value is -2.18. The first-order valence-electron chi connectivity index (χ1n) is 10.6. The van der Waals surface area contributed by atoms with Crippen molar-refractivity contribution in [1.82, 2.24) is 5.32 Å². The maximum absolute atomic E-state index is 13.4. The monoisotopic (exact) mass is 470 g/mol. The molecular weight excluding hydrogens is 444 g/mol. The molecule has 1 aliphatic carbocycles. The lowest BCUT2D eigenvalue weighted by atomic mass is 9.73. The molecule has 0 bridgehead atoms. The number of nitrogens with one attached hydrogen (secondary N) is 2. The van der Waals surface area contributed by atoms with E-state index < -0.39 is 5.41 Å². The van der Waals surface area contributed by atoms with Crippen molar-refractivity contribution in [2.45, 2.75) is 50.0 Å². The maximum atomic E-state index is 13.4. The van der Waals surface area contributed by atoms with Crippen molar-refractivity contribution < 1.29 is 14.3 Å². The molecule has 0 unspecified atom stereocenters. The van der Waals surface area contributed by atoms with Gasteiger partial charge in [0.2, 0.25) is 5.91 Å². The fourth-order valence-electron chi connectivity index (χ4n) is 4.43. The normalized spacial score (nSPS) is 18.7. The van der Waals surface area contributed by atoms with Crippen LogP contribution in [0.4, 0.5) is 5.69 Å². The number of benzene rings is 2. The van der Waals surface area contributed by atoms with Crippen LogP contribution in [0.15, 0.2) is 53.0 Å². The van der Waals surface area contributed by atoms with Gasteiger partial charge in [0.25, 0.3) is 5.91 Å². The number of ether oxygens (including phenoxy) is 1. The molecule has 2 amide bonds. The zero-order valence-corrected chi connectivity index (χ0v) is 18.5. The molecular formula is C24H27BrN2O3. The fraction of sp³-hybridized carbons (Fsp3) is 0.417. The van der Waals surface area contributed by atoms with Gasteiger partial charge in [-0.15, -0.1) is 0 Å². The SMILES string of the molecule is O=C(NC1CCCC1)c1ccc(NC(=O)C2(c3ccc(Br)cc3)CCOCC2)cc1. The van der Waals surface area contributed by atoms with Crippen LogP contribution in [0.1, 0.15) is 54.4 Å². The molecule has 0 spiro atoms. The van der Waals surface area contributed by atoms with Crippen molar-refractivity contribution in [1.29, 1.82) is 0 Å². The summed E-state index contributed by atoms with van der Waals surface area (Å²) < 4.78 is 6.52. The van der Waals surface area contributed by atoms with E-state index in [1.165, 1.54) is 12.8 Å². The van der Waals surface area contributed by atoms with Gasteiger partial charge in [0, 0.05) is 35.0 Å². The van der Waals surface area contributed by atoms with Gasteiger partial charge in [-0.25, -0.2) is 0 Å². The lowest BCUT2D eigenvalue weighted by Crippen LogP contribution is -2.44. The van der Waals surface area contributed by atoms with Crippen LogP contribution >= 0.6 is 15.9 Å². The summed E-state index contributed by atoms with van der Waals surface area (Å²) in [4.78, 5) is 25.8. The summed E-state index contributed by atoms with van der Waals surface area (Å²) in [7, 11) is 0. The molecule has 158 valence electrons. The predicted molar refractivity (Wildman–Crippen MR) is 121 cm³/mol. The number of hydrogen-bond donors (Lipinski definition) is 2. The predicted octanol–water partition coefficient (Wildman–Crippen LogP) is 4.81. The molecule has 5 nitrogen and oxygen atoms in total. The van der Waals surface area contributed by atoms with Crippen molar-refractivity contribution in [2.75, 3.05) is 18.5 Å². The molecule has 1 saturated carbocycles. The van der Waals surface area contributed by atoms with E-state index in [9.17, 15) is 9.59 Å². The van der Waals surface area contributed by atoms with Gasteiger partial charge >= 0.3 is 0 Å². The average molecular weight is 471 g/mol. The number of halogens is 1. The number of hydrogen-bond acceptors (Lipinski definition) is 3. The van der Waals surface area contributed by atoms with Crippen LogP contribution in [0.25, 0.3) is 0 Å². The minimum absolute atomic E-state index is 0.0312. The number of anilines is 1. The molecule has 0 atom stereocenters. The summed E-state index contributed by atoms with van der Waals surface area (Å²) in [5.41, 5.74) is 1.70. The average Bonchev–Trinajstić information content (AvgIpc) is 3.28. The molecule has 6 heteroatoms. The fourth-order valence-corrected chi connectivity index (χ4v) is 4.69. The van der Waals surface area contributed by atoms with Crippen LogP contribution in [0, 0.1) is 0 Å². The van der Waals surface area contributed by atoms with Crippen LogP contribution in [-0.4, -0.2) is 31.1 Å². The molecule has 2 N–H and O–H groups in total. The van der Waals surface area contributed by atoms with E-state index in [1.807, 2.05) is 24.3 Å². The van der Waals surface area contributed by atoms with E-state index in [-0.39, 0.29) is 17.9 Å². The van der Waals surface area contributed by atoms with Gasteiger partial charge in [0.1, 0.15) is 0 Å². The Balaban J connectivity index is 1.47. The third kappa shape index (κ3) is 4.60. The molecule has 1 aliphatic heterocycles. The number of amides is 2. The molecule has 2 fully saturated rings. The lowest BCUT2D eigenvalue weighted by molar-refractivity contribution is -0.125. The molecule has 2 aromatic carbocycles. The minimum atomic E-state index is -0.614. The standard InChI is InChI=1S/C24H27BrN2O3/c25-19-9-7-18(8-10-19)24(13-15-30-16-14-24)23(29)27-21-11-5-17(6-12-21)22(28)26-20-3-1-2-4-20/h5-12,20H,1-4,13-16H2,(H,26,28)(H,27,29). The molecule has 1 heterocycles. The minimum Gasteiger partial charge on any atom is -0.381 e. The molecule has 2 aromatic rings. The first kappa shape index (κ1) is 21.1. The van der Waals surface area contributed by atoms with Gasteiger partial charge < -0.3 is 15.4 Å². The Morgan fingerprint density at radius 1 is 0.933 bits per heavy atom. The molecule has 1 saturated heterocycles. The Kier molecular flexibility index (Phi) is 6.54. The lowest BCUT2D eigenvalue weighted by Gasteiger charge is -2.36. The van der Waals surface area contributed by atoms with Crippen molar-refractivity contribution >= 4 is 33.4 Å². The van der Waals surface area contributed by atoms with E-state index in [0.717, 1.165) is 22.9 Å². The largest absolute Gasteiger partial charge is 0.381 e. The molecule has 2 aliphatic rings. The summed E-state index contributed by atoms with van der Waals surface area (Å²) in [5, 5.41) is 6.16. The second-order valence-corrected chi connectivity index (χ2v) is 9.10. The maximum Gasteiger partial charge on any atom is 0.251 e. The zero-order chi connectivity index (χ0) is 21.0. The third-order valence-electron chi connectivity index (χ3n) is 6.27. The number of carbonyl (C=O) groups is 2.